The van der Waals surface area contributed by atoms with Gasteiger partial charge in [-0.3, -0.25) is 4.90 Å². The van der Waals surface area contributed by atoms with Crippen molar-refractivity contribution in [2.75, 3.05) is 19.6 Å². The number of hydroxylamine groups is 3. The molecule has 0 radical (unpaired) electrons. The lowest BCUT2D eigenvalue weighted by Gasteiger charge is -2.64. The molecule has 2 unspecified atom stereocenters. The zero-order valence-corrected chi connectivity index (χ0v) is 14.6. The molecule has 0 spiro atoms. The van der Waals surface area contributed by atoms with Gasteiger partial charge < -0.3 is 9.85 Å². The van der Waals surface area contributed by atoms with E-state index in [2.05, 4.69) is 35.2 Å². The third-order valence-electron chi connectivity index (χ3n) is 7.56. The summed E-state index contributed by atoms with van der Waals surface area (Å²) in [4.78, 5) is 2.83. The van der Waals surface area contributed by atoms with Crippen molar-refractivity contribution in [2.45, 2.75) is 63.1 Å². The predicted molar refractivity (Wildman–Crippen MR) is 96.1 cm³/mol. The first-order valence-corrected chi connectivity index (χ1v) is 10.1. The average molecular weight is 326 g/mol. The van der Waals surface area contributed by atoms with Crippen molar-refractivity contribution < 1.29 is 4.65 Å². The molecule has 2 bridgehead atoms. The van der Waals surface area contributed by atoms with Gasteiger partial charge in [0.2, 0.25) is 0 Å². The predicted octanol–water partition coefficient (Wildman–Crippen LogP) is 4.10. The Morgan fingerprint density at radius 1 is 0.958 bits per heavy atom. The molecular formula is C21H30N2O. The molecule has 130 valence electrons. The molecule has 4 fully saturated rings. The molecule has 1 aromatic rings. The van der Waals surface area contributed by atoms with Crippen LogP contribution in [-0.4, -0.2) is 41.3 Å². The molecule has 4 heterocycles. The summed E-state index contributed by atoms with van der Waals surface area (Å²) >= 11 is 0. The minimum atomic E-state index is 0.162. The number of rotatable bonds is 1. The van der Waals surface area contributed by atoms with E-state index in [4.69, 9.17) is 0 Å². The minimum absolute atomic E-state index is 0.162. The fraction of sp³-hybridized carbons (Fsp3) is 0.714. The summed E-state index contributed by atoms with van der Waals surface area (Å²) in [6.45, 7) is 2.98. The Morgan fingerprint density at radius 2 is 1.83 bits per heavy atom. The summed E-state index contributed by atoms with van der Waals surface area (Å²) in [6, 6.07) is 12.8. The van der Waals surface area contributed by atoms with E-state index < -0.39 is 0 Å². The molecule has 0 N–H and O–H groups in total. The smallest absolute Gasteiger partial charge is 0.0928 e. The highest BCUT2D eigenvalue weighted by molar-refractivity contribution is 5.20. The second-order valence-electron chi connectivity index (χ2n) is 8.80. The molecule has 4 saturated heterocycles. The van der Waals surface area contributed by atoms with E-state index >= 15 is 0 Å². The number of hydrogen-bond acceptors (Lipinski definition) is 2. The standard InChI is InChI=1S/C21H30N2O/c24-23-12-5-4-11-21(23)17-13-18(15-23)20-10-6-9-19(22(20)14-17)16-7-2-1-3-8-16/h1-3,7-8,17-21H,4-6,9-15H2/t17-,18-,19?,20-,21+,23?/m0/s1. The molecule has 3 nitrogen and oxygen atoms in total. The Bertz CT molecular complexity index is 591. The van der Waals surface area contributed by atoms with E-state index in [9.17, 15) is 5.21 Å². The van der Waals surface area contributed by atoms with E-state index in [-0.39, 0.29) is 4.65 Å². The Morgan fingerprint density at radius 3 is 2.71 bits per heavy atom. The van der Waals surface area contributed by atoms with Crippen LogP contribution in [0.15, 0.2) is 30.3 Å². The van der Waals surface area contributed by atoms with Crippen LogP contribution in [0.1, 0.15) is 56.6 Å². The quantitative estimate of drug-likeness (QED) is 0.574. The highest BCUT2D eigenvalue weighted by Crippen LogP contribution is 2.49. The van der Waals surface area contributed by atoms with Crippen molar-refractivity contribution in [1.82, 2.24) is 4.90 Å². The van der Waals surface area contributed by atoms with Crippen molar-refractivity contribution in [1.29, 1.82) is 0 Å². The van der Waals surface area contributed by atoms with Crippen LogP contribution in [0.4, 0.5) is 0 Å². The van der Waals surface area contributed by atoms with Gasteiger partial charge in [0.05, 0.1) is 19.1 Å². The van der Waals surface area contributed by atoms with Crippen LogP contribution in [0.2, 0.25) is 0 Å². The molecule has 0 aromatic heterocycles. The highest BCUT2D eigenvalue weighted by atomic mass is 16.5. The first kappa shape index (κ1) is 15.4. The van der Waals surface area contributed by atoms with Crippen molar-refractivity contribution in [3.05, 3.63) is 41.1 Å². The maximum absolute atomic E-state index is 13.5. The van der Waals surface area contributed by atoms with E-state index in [1.807, 2.05) is 0 Å². The van der Waals surface area contributed by atoms with Crippen molar-refractivity contribution >= 4 is 0 Å². The third kappa shape index (κ3) is 2.36. The maximum atomic E-state index is 13.5. The Balaban J connectivity index is 1.45. The number of hydrogen-bond donors (Lipinski definition) is 0. The van der Waals surface area contributed by atoms with Gasteiger partial charge in [-0.25, -0.2) is 0 Å². The molecule has 0 aliphatic carbocycles. The molecule has 4 aliphatic rings. The lowest BCUT2D eigenvalue weighted by atomic mass is 9.69. The number of fused-ring (bicyclic) bond motifs is 6. The second-order valence-corrected chi connectivity index (χ2v) is 8.80. The summed E-state index contributed by atoms with van der Waals surface area (Å²) in [7, 11) is 0. The lowest BCUT2D eigenvalue weighted by Crippen LogP contribution is -2.69. The first-order chi connectivity index (χ1) is 11.7. The summed E-state index contributed by atoms with van der Waals surface area (Å²) in [5, 5.41) is 13.5. The van der Waals surface area contributed by atoms with Crippen LogP contribution in [0.3, 0.4) is 0 Å². The van der Waals surface area contributed by atoms with Gasteiger partial charge >= 0.3 is 0 Å². The molecule has 6 atom stereocenters. The number of nitrogens with zero attached hydrogens (tertiary/aromatic N) is 2. The van der Waals surface area contributed by atoms with Crippen LogP contribution in [-0.2, 0) is 0 Å². The summed E-state index contributed by atoms with van der Waals surface area (Å²) in [6.07, 6.45) is 8.86. The Labute approximate surface area is 145 Å². The largest absolute Gasteiger partial charge is 0.633 e. The van der Waals surface area contributed by atoms with Gasteiger partial charge in [-0.15, -0.1) is 0 Å². The van der Waals surface area contributed by atoms with Crippen LogP contribution in [0.5, 0.6) is 0 Å². The Kier molecular flexibility index (Phi) is 3.73. The molecule has 1 aromatic carbocycles. The molecular weight excluding hydrogens is 296 g/mol. The number of benzene rings is 1. The van der Waals surface area contributed by atoms with Gasteiger partial charge in [0.1, 0.15) is 0 Å². The molecule has 0 saturated carbocycles. The normalized spacial score (nSPS) is 45.3. The van der Waals surface area contributed by atoms with Gasteiger partial charge in [-0.05, 0) is 44.1 Å². The topological polar surface area (TPSA) is 26.3 Å². The maximum Gasteiger partial charge on any atom is 0.0928 e. The first-order valence-electron chi connectivity index (χ1n) is 10.1. The molecule has 4 aliphatic heterocycles. The van der Waals surface area contributed by atoms with E-state index in [0.717, 1.165) is 19.5 Å². The fourth-order valence-electron chi connectivity index (χ4n) is 6.63. The highest BCUT2D eigenvalue weighted by Gasteiger charge is 2.53. The van der Waals surface area contributed by atoms with Gasteiger partial charge in [-0.1, -0.05) is 30.3 Å². The summed E-state index contributed by atoms with van der Waals surface area (Å²) in [5.74, 6) is 1.28. The third-order valence-corrected chi connectivity index (χ3v) is 7.56. The summed E-state index contributed by atoms with van der Waals surface area (Å²) < 4.78 is 0.162. The van der Waals surface area contributed by atoms with Crippen LogP contribution in [0, 0.1) is 17.0 Å². The van der Waals surface area contributed by atoms with Crippen molar-refractivity contribution in [3.8, 4) is 0 Å². The molecule has 5 rings (SSSR count). The fourth-order valence-corrected chi connectivity index (χ4v) is 6.63. The monoisotopic (exact) mass is 326 g/mol. The van der Waals surface area contributed by atoms with E-state index in [1.165, 1.54) is 50.6 Å². The number of quaternary nitrogens is 1. The minimum Gasteiger partial charge on any atom is -0.633 e. The molecule has 0 amide bonds. The zero-order chi connectivity index (χ0) is 16.1. The van der Waals surface area contributed by atoms with Crippen LogP contribution < -0.4 is 0 Å². The van der Waals surface area contributed by atoms with Gasteiger partial charge in [0.25, 0.3) is 0 Å². The van der Waals surface area contributed by atoms with Crippen LogP contribution >= 0.6 is 0 Å². The van der Waals surface area contributed by atoms with Crippen molar-refractivity contribution in [2.24, 2.45) is 11.8 Å². The van der Waals surface area contributed by atoms with Crippen LogP contribution in [0.25, 0.3) is 0 Å². The number of piperidine rings is 4. The van der Waals surface area contributed by atoms with Crippen molar-refractivity contribution in [3.63, 3.8) is 0 Å². The Hall–Kier alpha value is -0.900. The molecule has 24 heavy (non-hydrogen) atoms. The second kappa shape index (κ2) is 5.82. The summed E-state index contributed by atoms with van der Waals surface area (Å²) in [5.41, 5.74) is 1.49. The lowest BCUT2D eigenvalue weighted by molar-refractivity contribution is -0.925. The zero-order valence-electron chi connectivity index (χ0n) is 14.6. The molecule has 3 heteroatoms. The van der Waals surface area contributed by atoms with Gasteiger partial charge in [-0.2, -0.15) is 0 Å². The van der Waals surface area contributed by atoms with Gasteiger partial charge in [0, 0.05) is 36.9 Å². The average Bonchev–Trinajstić information content (AvgIpc) is 2.62. The van der Waals surface area contributed by atoms with E-state index in [1.54, 1.807) is 0 Å². The van der Waals surface area contributed by atoms with E-state index in [0.29, 0.717) is 30.0 Å². The van der Waals surface area contributed by atoms with Gasteiger partial charge in [0.15, 0.2) is 0 Å². The SMILES string of the molecule is [O-][N+]12CCCC[C@@H]1[C@H]1C[C@@H](C2)[C@@H]2CCCC(c3ccccc3)N2C1.